The van der Waals surface area contributed by atoms with Gasteiger partial charge < -0.3 is 19.9 Å². The molecule has 1 atom stereocenters. The summed E-state index contributed by atoms with van der Waals surface area (Å²) >= 11 is 0. The largest absolute Gasteiger partial charge is 0.490 e. The van der Waals surface area contributed by atoms with Crippen LogP contribution in [0, 0.1) is 25.6 Å². The van der Waals surface area contributed by atoms with E-state index in [9.17, 15) is 14.7 Å². The van der Waals surface area contributed by atoms with E-state index in [4.69, 9.17) is 9.47 Å². The fourth-order valence-corrected chi connectivity index (χ4v) is 6.47. The van der Waals surface area contributed by atoms with Crippen molar-refractivity contribution in [1.82, 2.24) is 19.9 Å². The minimum Gasteiger partial charge on any atom is -0.490 e. The molecule has 1 aliphatic carbocycles. The standard InChI is InChI=1S/C33H43FN4O5/c1-19-22-14-10-16-42-29(22)24(34)17-23(19)28-27(30(32(40)41)43-33(3,4)5)20(2)36-26-18-25(37-38(26)28)31(39)35-15-9-13-21-11-7-6-8-12-21/h17-18,21,30H,6-16H2,1-5H3,(H,35,39)(H,40,41). The molecule has 10 heteroatoms. The molecule has 1 unspecified atom stereocenters. The van der Waals surface area contributed by atoms with Crippen molar-refractivity contribution in [2.45, 2.75) is 104 Å². The predicted molar refractivity (Wildman–Crippen MR) is 161 cm³/mol. The summed E-state index contributed by atoms with van der Waals surface area (Å²) in [6, 6.07) is 2.95. The lowest BCUT2D eigenvalue weighted by Gasteiger charge is -2.28. The van der Waals surface area contributed by atoms with E-state index >= 15 is 4.39 Å². The average Bonchev–Trinajstić information content (AvgIpc) is 3.39. The summed E-state index contributed by atoms with van der Waals surface area (Å²) in [6.07, 6.45) is 8.38. The number of carboxylic acids is 1. The van der Waals surface area contributed by atoms with Crippen LogP contribution in [0.3, 0.4) is 0 Å². The van der Waals surface area contributed by atoms with Gasteiger partial charge in [0.15, 0.2) is 29.0 Å². The second-order valence-electron chi connectivity index (χ2n) is 12.9. The first-order chi connectivity index (χ1) is 20.4. The number of ether oxygens (including phenoxy) is 2. The van der Waals surface area contributed by atoms with Crippen molar-refractivity contribution in [1.29, 1.82) is 0 Å². The molecule has 3 aromatic rings. The van der Waals surface area contributed by atoms with Crippen LogP contribution in [0.5, 0.6) is 5.75 Å². The molecular formula is C33H43FN4O5. The normalized spacial score (nSPS) is 16.5. The highest BCUT2D eigenvalue weighted by molar-refractivity contribution is 5.93. The molecule has 0 saturated heterocycles. The highest BCUT2D eigenvalue weighted by Crippen LogP contribution is 2.41. The van der Waals surface area contributed by atoms with Crippen LogP contribution >= 0.6 is 0 Å². The maximum absolute atomic E-state index is 15.5. The van der Waals surface area contributed by atoms with Crippen molar-refractivity contribution in [2.75, 3.05) is 13.2 Å². The van der Waals surface area contributed by atoms with E-state index in [0.29, 0.717) is 42.2 Å². The third kappa shape index (κ3) is 6.69. The quantitative estimate of drug-likeness (QED) is 0.272. The van der Waals surface area contributed by atoms with Gasteiger partial charge in [0, 0.05) is 35.0 Å². The molecule has 1 fully saturated rings. The number of carbonyl (C=O) groups excluding carboxylic acids is 1. The van der Waals surface area contributed by atoms with Crippen molar-refractivity contribution in [3.63, 3.8) is 0 Å². The van der Waals surface area contributed by atoms with E-state index in [2.05, 4.69) is 15.4 Å². The summed E-state index contributed by atoms with van der Waals surface area (Å²) in [7, 11) is 0. The fraction of sp³-hybridized carbons (Fsp3) is 0.576. The Kier molecular flexibility index (Phi) is 9.06. The number of carboxylic acid groups (broad SMARTS) is 1. The van der Waals surface area contributed by atoms with Gasteiger partial charge in [-0.15, -0.1) is 0 Å². The molecule has 2 N–H and O–H groups in total. The maximum Gasteiger partial charge on any atom is 0.337 e. The number of fused-ring (bicyclic) bond motifs is 2. The van der Waals surface area contributed by atoms with Crippen molar-refractivity contribution >= 4 is 17.5 Å². The average molecular weight is 595 g/mol. The summed E-state index contributed by atoms with van der Waals surface area (Å²) < 4.78 is 28.7. The number of halogens is 1. The molecule has 1 aliphatic heterocycles. The number of hydrogen-bond donors (Lipinski definition) is 2. The molecule has 1 aromatic carbocycles. The second kappa shape index (κ2) is 12.6. The number of aromatic nitrogens is 3. The zero-order valence-corrected chi connectivity index (χ0v) is 25.9. The summed E-state index contributed by atoms with van der Waals surface area (Å²) in [6.45, 7) is 9.87. The second-order valence-corrected chi connectivity index (χ2v) is 12.9. The van der Waals surface area contributed by atoms with Crippen molar-refractivity contribution < 1.29 is 28.6 Å². The number of rotatable bonds is 9. The summed E-state index contributed by atoms with van der Waals surface area (Å²) in [5.74, 6) is -1.11. The molecule has 2 aromatic heterocycles. The first-order valence-corrected chi connectivity index (χ1v) is 15.5. The number of benzene rings is 1. The van der Waals surface area contributed by atoms with Gasteiger partial charge >= 0.3 is 5.97 Å². The number of hydrogen-bond acceptors (Lipinski definition) is 6. The highest BCUT2D eigenvalue weighted by atomic mass is 19.1. The topological polar surface area (TPSA) is 115 Å². The molecule has 2 aliphatic rings. The Labute approximate surface area is 252 Å². The van der Waals surface area contributed by atoms with Crippen molar-refractivity contribution in [3.8, 4) is 17.0 Å². The molecule has 0 spiro atoms. The van der Waals surface area contributed by atoms with Gasteiger partial charge in [-0.3, -0.25) is 4.79 Å². The molecule has 1 amide bonds. The lowest BCUT2D eigenvalue weighted by molar-refractivity contribution is -0.160. The van der Waals surface area contributed by atoms with Gasteiger partial charge in [-0.2, -0.15) is 5.10 Å². The van der Waals surface area contributed by atoms with Crippen LogP contribution < -0.4 is 10.1 Å². The highest BCUT2D eigenvalue weighted by Gasteiger charge is 2.35. The smallest absolute Gasteiger partial charge is 0.337 e. The number of amides is 1. The van der Waals surface area contributed by atoms with Crippen LogP contribution in [0.1, 0.15) is 111 Å². The molecule has 9 nitrogen and oxygen atoms in total. The first-order valence-electron chi connectivity index (χ1n) is 15.5. The van der Waals surface area contributed by atoms with Crippen molar-refractivity contribution in [3.05, 3.63) is 46.0 Å². The Morgan fingerprint density at radius 2 is 1.93 bits per heavy atom. The molecule has 0 radical (unpaired) electrons. The number of aryl methyl sites for hydroxylation is 1. The third-order valence-electron chi connectivity index (χ3n) is 8.51. The Balaban J connectivity index is 1.58. The van der Waals surface area contributed by atoms with Gasteiger partial charge in [0.25, 0.3) is 5.91 Å². The number of nitrogens with one attached hydrogen (secondary N) is 1. The Bertz CT molecular complexity index is 1520. The zero-order chi connectivity index (χ0) is 30.9. The molecular weight excluding hydrogens is 551 g/mol. The van der Waals surface area contributed by atoms with E-state index in [-0.39, 0.29) is 22.9 Å². The van der Waals surface area contributed by atoms with Gasteiger partial charge in [-0.1, -0.05) is 32.1 Å². The molecule has 1 saturated carbocycles. The van der Waals surface area contributed by atoms with Gasteiger partial charge in [-0.25, -0.2) is 18.7 Å². The molecule has 5 rings (SSSR count). The molecule has 43 heavy (non-hydrogen) atoms. The van der Waals surface area contributed by atoms with E-state index in [1.54, 1.807) is 33.8 Å². The number of carbonyl (C=O) groups is 2. The fourth-order valence-electron chi connectivity index (χ4n) is 6.47. The van der Waals surface area contributed by atoms with Crippen LogP contribution in [-0.4, -0.2) is 50.3 Å². The van der Waals surface area contributed by atoms with Gasteiger partial charge in [-0.05, 0) is 77.8 Å². The van der Waals surface area contributed by atoms with E-state index in [1.165, 1.54) is 42.7 Å². The predicted octanol–water partition coefficient (Wildman–Crippen LogP) is 6.51. The van der Waals surface area contributed by atoms with Crippen LogP contribution in [0.4, 0.5) is 4.39 Å². The number of nitrogens with zero attached hydrogens (tertiary/aromatic N) is 3. The van der Waals surface area contributed by atoms with Crippen LogP contribution in [-0.2, 0) is 16.0 Å². The van der Waals surface area contributed by atoms with Crippen LogP contribution in [0.15, 0.2) is 12.1 Å². The number of aliphatic carboxylic acids is 1. The molecule has 0 bridgehead atoms. The summed E-state index contributed by atoms with van der Waals surface area (Å²) in [5, 5.41) is 17.9. The monoisotopic (exact) mass is 594 g/mol. The van der Waals surface area contributed by atoms with Gasteiger partial charge in [0.05, 0.1) is 17.9 Å². The van der Waals surface area contributed by atoms with Crippen LogP contribution in [0.25, 0.3) is 16.9 Å². The summed E-state index contributed by atoms with van der Waals surface area (Å²) in [4.78, 5) is 30.5. The molecule has 232 valence electrons. The maximum atomic E-state index is 15.5. The van der Waals surface area contributed by atoms with E-state index in [1.807, 2.05) is 6.92 Å². The van der Waals surface area contributed by atoms with Gasteiger partial charge in [0.2, 0.25) is 0 Å². The van der Waals surface area contributed by atoms with E-state index < -0.39 is 23.5 Å². The lowest BCUT2D eigenvalue weighted by atomic mass is 9.86. The van der Waals surface area contributed by atoms with Crippen LogP contribution in [0.2, 0.25) is 0 Å². The Morgan fingerprint density at radius 3 is 2.63 bits per heavy atom. The van der Waals surface area contributed by atoms with E-state index in [0.717, 1.165) is 36.3 Å². The molecule has 3 heterocycles. The summed E-state index contributed by atoms with van der Waals surface area (Å²) in [5.41, 5.74) is 2.65. The Hall–Kier alpha value is -3.53. The zero-order valence-electron chi connectivity index (χ0n) is 25.9. The van der Waals surface area contributed by atoms with Crippen molar-refractivity contribution in [2.24, 2.45) is 5.92 Å². The minimum atomic E-state index is -1.41. The Morgan fingerprint density at radius 1 is 1.19 bits per heavy atom. The SMILES string of the molecule is Cc1nc2cc(C(=O)NCCCC3CCCCC3)nn2c(-c2cc(F)c3c(c2C)CCCO3)c1C(OC(C)(C)C)C(=O)O. The third-order valence-corrected chi connectivity index (χ3v) is 8.51. The first kappa shape index (κ1) is 30.9. The lowest BCUT2D eigenvalue weighted by Crippen LogP contribution is -2.29. The minimum absolute atomic E-state index is 0.158. The van der Waals surface area contributed by atoms with Gasteiger partial charge in [0.1, 0.15) is 0 Å².